The predicted octanol–water partition coefficient (Wildman–Crippen LogP) is 6.47. The summed E-state index contributed by atoms with van der Waals surface area (Å²) in [6.07, 6.45) is 13.6. The summed E-state index contributed by atoms with van der Waals surface area (Å²) in [7, 11) is 1.43. The zero-order chi connectivity index (χ0) is 21.1. The SMILES string of the molecule is C=C/C=C\C(=C/C)COc1ccc2c(c1)cc(C(=O)OC)n2CCCCCCC. The number of rotatable bonds is 12. The van der Waals surface area contributed by atoms with Gasteiger partial charge >= 0.3 is 5.97 Å². The molecular weight excluding hydrogens is 362 g/mol. The van der Waals surface area contributed by atoms with Gasteiger partial charge in [0.2, 0.25) is 0 Å². The Morgan fingerprint density at radius 2 is 1.97 bits per heavy atom. The van der Waals surface area contributed by atoms with E-state index in [9.17, 15) is 4.79 Å². The van der Waals surface area contributed by atoms with Gasteiger partial charge in [0.1, 0.15) is 18.1 Å². The average Bonchev–Trinajstić information content (AvgIpc) is 3.11. The van der Waals surface area contributed by atoms with Gasteiger partial charge in [-0.2, -0.15) is 0 Å². The quantitative estimate of drug-likeness (QED) is 0.235. The maximum atomic E-state index is 12.3. The van der Waals surface area contributed by atoms with E-state index < -0.39 is 0 Å². The van der Waals surface area contributed by atoms with Gasteiger partial charge < -0.3 is 14.0 Å². The molecule has 0 N–H and O–H groups in total. The molecule has 0 amide bonds. The van der Waals surface area contributed by atoms with Crippen molar-refractivity contribution in [3.05, 3.63) is 66.4 Å². The minimum absolute atomic E-state index is 0.303. The van der Waals surface area contributed by atoms with Crippen LogP contribution in [0.25, 0.3) is 10.9 Å². The van der Waals surface area contributed by atoms with E-state index in [0.717, 1.165) is 35.2 Å². The lowest BCUT2D eigenvalue weighted by molar-refractivity contribution is 0.0589. The molecule has 0 aliphatic heterocycles. The van der Waals surface area contributed by atoms with E-state index in [0.29, 0.717) is 12.3 Å². The summed E-state index contributed by atoms with van der Waals surface area (Å²) in [4.78, 5) is 12.3. The Labute approximate surface area is 174 Å². The van der Waals surface area contributed by atoms with Gasteiger partial charge in [-0.15, -0.1) is 0 Å². The zero-order valence-corrected chi connectivity index (χ0v) is 17.9. The minimum Gasteiger partial charge on any atom is -0.489 e. The highest BCUT2D eigenvalue weighted by Crippen LogP contribution is 2.26. The van der Waals surface area contributed by atoms with Gasteiger partial charge in [-0.3, -0.25) is 0 Å². The summed E-state index contributed by atoms with van der Waals surface area (Å²) in [6, 6.07) is 7.87. The zero-order valence-electron chi connectivity index (χ0n) is 17.9. The maximum Gasteiger partial charge on any atom is 0.354 e. The van der Waals surface area contributed by atoms with Gasteiger partial charge in [0.25, 0.3) is 0 Å². The molecule has 2 aromatic rings. The molecule has 0 radical (unpaired) electrons. The lowest BCUT2D eigenvalue weighted by Gasteiger charge is -2.10. The van der Waals surface area contributed by atoms with Crippen LogP contribution in [-0.4, -0.2) is 24.3 Å². The number of hydrogen-bond acceptors (Lipinski definition) is 3. The van der Waals surface area contributed by atoms with Crippen LogP contribution in [0.5, 0.6) is 5.75 Å². The molecular formula is C25H33NO3. The van der Waals surface area contributed by atoms with Crippen molar-refractivity contribution in [3.63, 3.8) is 0 Å². The number of carbonyl (C=O) groups is 1. The predicted molar refractivity (Wildman–Crippen MR) is 121 cm³/mol. The third-order valence-corrected chi connectivity index (χ3v) is 4.98. The van der Waals surface area contributed by atoms with Gasteiger partial charge in [-0.25, -0.2) is 4.79 Å². The van der Waals surface area contributed by atoms with E-state index in [1.54, 1.807) is 6.08 Å². The van der Waals surface area contributed by atoms with E-state index >= 15 is 0 Å². The molecule has 1 aromatic heterocycles. The van der Waals surface area contributed by atoms with Crippen LogP contribution in [0.15, 0.2) is 60.7 Å². The van der Waals surface area contributed by atoms with Crippen molar-refractivity contribution < 1.29 is 14.3 Å². The van der Waals surface area contributed by atoms with Crippen LogP contribution in [0.2, 0.25) is 0 Å². The third-order valence-electron chi connectivity index (χ3n) is 4.98. The van der Waals surface area contributed by atoms with Crippen LogP contribution in [-0.2, 0) is 11.3 Å². The smallest absolute Gasteiger partial charge is 0.354 e. The number of ether oxygens (including phenoxy) is 2. The maximum absolute atomic E-state index is 12.3. The van der Waals surface area contributed by atoms with Crippen LogP contribution in [0.4, 0.5) is 0 Å². The van der Waals surface area contributed by atoms with Gasteiger partial charge in [-0.05, 0) is 43.2 Å². The largest absolute Gasteiger partial charge is 0.489 e. The summed E-state index contributed by atoms with van der Waals surface area (Å²) in [6.45, 7) is 9.18. The number of hydrogen-bond donors (Lipinski definition) is 0. The number of allylic oxidation sites excluding steroid dienone is 3. The Morgan fingerprint density at radius 3 is 2.66 bits per heavy atom. The number of unbranched alkanes of at least 4 members (excludes halogenated alkanes) is 4. The number of aromatic nitrogens is 1. The second-order valence-corrected chi connectivity index (χ2v) is 7.05. The Balaban J connectivity index is 2.19. The first-order chi connectivity index (χ1) is 14.1. The standard InChI is InChI=1S/C25H33NO3/c1-5-8-10-11-12-16-26-23-15-14-22(29-19-20(7-3)13-9-6-2)17-21(23)18-24(26)25(27)28-4/h6-7,9,13-15,17-18H,2,5,8,10-12,16,19H2,1,3-4H3/b13-9-,20-7+. The molecule has 0 fully saturated rings. The van der Waals surface area contributed by atoms with Gasteiger partial charge in [0.05, 0.1) is 7.11 Å². The van der Waals surface area contributed by atoms with E-state index in [4.69, 9.17) is 9.47 Å². The fraction of sp³-hybridized carbons (Fsp3) is 0.400. The molecule has 1 aromatic carbocycles. The van der Waals surface area contributed by atoms with Gasteiger partial charge in [0.15, 0.2) is 0 Å². The molecule has 4 heteroatoms. The topological polar surface area (TPSA) is 40.5 Å². The van der Waals surface area contributed by atoms with Crippen LogP contribution in [0.1, 0.15) is 56.4 Å². The Bertz CT molecular complexity index is 874. The molecule has 0 aliphatic rings. The van der Waals surface area contributed by atoms with Crippen molar-refractivity contribution in [2.45, 2.75) is 52.5 Å². The Kier molecular flexibility index (Phi) is 9.29. The van der Waals surface area contributed by atoms with E-state index in [1.807, 2.05) is 49.4 Å². The fourth-order valence-electron chi connectivity index (χ4n) is 3.31. The number of benzene rings is 1. The second kappa shape index (κ2) is 11.9. The van der Waals surface area contributed by atoms with Crippen molar-refractivity contribution in [3.8, 4) is 5.75 Å². The number of aryl methyl sites for hydroxylation is 1. The Morgan fingerprint density at radius 1 is 1.17 bits per heavy atom. The number of nitrogens with zero attached hydrogens (tertiary/aromatic N) is 1. The van der Waals surface area contributed by atoms with Gasteiger partial charge in [0, 0.05) is 17.4 Å². The molecule has 0 bridgehead atoms. The lowest BCUT2D eigenvalue weighted by atomic mass is 10.1. The van der Waals surface area contributed by atoms with Crippen molar-refractivity contribution in [1.29, 1.82) is 0 Å². The van der Waals surface area contributed by atoms with Crippen LogP contribution >= 0.6 is 0 Å². The molecule has 1 heterocycles. The van der Waals surface area contributed by atoms with Crippen LogP contribution in [0, 0.1) is 0 Å². The van der Waals surface area contributed by atoms with E-state index in [2.05, 4.69) is 18.1 Å². The fourth-order valence-corrected chi connectivity index (χ4v) is 3.31. The summed E-state index contributed by atoms with van der Waals surface area (Å²) in [5.41, 5.74) is 2.70. The molecule has 0 saturated carbocycles. The van der Waals surface area contributed by atoms with E-state index in [1.165, 1.54) is 32.8 Å². The summed E-state index contributed by atoms with van der Waals surface area (Å²) >= 11 is 0. The Hall–Kier alpha value is -2.75. The molecule has 0 aliphatic carbocycles. The van der Waals surface area contributed by atoms with Crippen LogP contribution in [0.3, 0.4) is 0 Å². The third kappa shape index (κ3) is 6.38. The van der Waals surface area contributed by atoms with E-state index in [-0.39, 0.29) is 5.97 Å². The number of fused-ring (bicyclic) bond motifs is 1. The highest BCUT2D eigenvalue weighted by molar-refractivity contribution is 5.96. The number of carbonyl (C=O) groups excluding carboxylic acids is 1. The summed E-state index contributed by atoms with van der Waals surface area (Å²) in [5.74, 6) is 0.475. The summed E-state index contributed by atoms with van der Waals surface area (Å²) < 4.78 is 13.0. The second-order valence-electron chi connectivity index (χ2n) is 7.05. The first-order valence-corrected chi connectivity index (χ1v) is 10.4. The number of esters is 1. The van der Waals surface area contributed by atoms with Gasteiger partial charge in [-0.1, -0.05) is 63.5 Å². The molecule has 29 heavy (non-hydrogen) atoms. The van der Waals surface area contributed by atoms with Crippen LogP contribution < -0.4 is 4.74 Å². The normalized spacial score (nSPS) is 11.9. The van der Waals surface area contributed by atoms with Crippen molar-refractivity contribution in [1.82, 2.24) is 4.57 Å². The van der Waals surface area contributed by atoms with Crippen molar-refractivity contribution >= 4 is 16.9 Å². The van der Waals surface area contributed by atoms with Crippen molar-refractivity contribution in [2.75, 3.05) is 13.7 Å². The molecule has 156 valence electrons. The first kappa shape index (κ1) is 22.5. The minimum atomic E-state index is -0.303. The summed E-state index contributed by atoms with van der Waals surface area (Å²) in [5, 5.41) is 0.986. The number of methoxy groups -OCH3 is 1. The molecule has 0 unspecified atom stereocenters. The molecule has 0 atom stereocenters. The highest BCUT2D eigenvalue weighted by atomic mass is 16.5. The average molecular weight is 396 g/mol. The lowest BCUT2D eigenvalue weighted by Crippen LogP contribution is -2.10. The molecule has 0 spiro atoms. The molecule has 4 nitrogen and oxygen atoms in total. The first-order valence-electron chi connectivity index (χ1n) is 10.4. The monoisotopic (exact) mass is 395 g/mol. The van der Waals surface area contributed by atoms with Crippen molar-refractivity contribution in [2.24, 2.45) is 0 Å². The molecule has 2 rings (SSSR count). The molecule has 0 saturated heterocycles. The highest BCUT2D eigenvalue weighted by Gasteiger charge is 2.16.